The maximum atomic E-state index is 13.4. The number of anilines is 1. The summed E-state index contributed by atoms with van der Waals surface area (Å²) in [5.41, 5.74) is 6.65. The molecular formula is C16H25FN2. The first-order valence-corrected chi connectivity index (χ1v) is 7.43. The van der Waals surface area contributed by atoms with Crippen LogP contribution in [0.2, 0.25) is 0 Å². The van der Waals surface area contributed by atoms with Crippen LogP contribution in [0.25, 0.3) is 0 Å². The van der Waals surface area contributed by atoms with Crippen molar-refractivity contribution in [3.05, 3.63) is 30.1 Å². The smallest absolute Gasteiger partial charge is 0.125 e. The van der Waals surface area contributed by atoms with Crippen LogP contribution in [0.15, 0.2) is 24.3 Å². The summed E-state index contributed by atoms with van der Waals surface area (Å²) in [6, 6.07) is 7.51. The van der Waals surface area contributed by atoms with Gasteiger partial charge in [0.2, 0.25) is 0 Å². The van der Waals surface area contributed by atoms with Gasteiger partial charge in [0.05, 0.1) is 0 Å². The van der Waals surface area contributed by atoms with Crippen molar-refractivity contribution in [3.63, 3.8) is 0 Å². The Balaban J connectivity index is 2.14. The summed E-state index contributed by atoms with van der Waals surface area (Å²) in [7, 11) is 0. The maximum Gasteiger partial charge on any atom is 0.125 e. The van der Waals surface area contributed by atoms with Crippen LogP contribution in [0.4, 0.5) is 10.1 Å². The second-order valence-electron chi connectivity index (χ2n) is 5.74. The molecule has 2 rings (SSSR count). The summed E-state index contributed by atoms with van der Waals surface area (Å²) in [6.45, 7) is 3.93. The maximum absolute atomic E-state index is 13.4. The van der Waals surface area contributed by atoms with Crippen molar-refractivity contribution in [1.82, 2.24) is 0 Å². The molecule has 19 heavy (non-hydrogen) atoms. The Labute approximate surface area is 115 Å². The number of benzene rings is 1. The molecule has 1 aliphatic rings. The Kier molecular flexibility index (Phi) is 5.20. The fourth-order valence-corrected chi connectivity index (χ4v) is 3.12. The van der Waals surface area contributed by atoms with Crippen molar-refractivity contribution in [2.75, 3.05) is 18.0 Å². The van der Waals surface area contributed by atoms with E-state index in [1.807, 2.05) is 6.07 Å². The van der Waals surface area contributed by atoms with E-state index < -0.39 is 0 Å². The van der Waals surface area contributed by atoms with Crippen LogP contribution in [-0.2, 0) is 0 Å². The van der Waals surface area contributed by atoms with E-state index in [1.54, 1.807) is 12.1 Å². The summed E-state index contributed by atoms with van der Waals surface area (Å²) < 4.78 is 13.4. The number of nitrogens with zero attached hydrogens (tertiary/aromatic N) is 1. The third kappa shape index (κ3) is 3.93. The Morgan fingerprint density at radius 1 is 1.37 bits per heavy atom. The van der Waals surface area contributed by atoms with Crippen molar-refractivity contribution in [1.29, 1.82) is 0 Å². The van der Waals surface area contributed by atoms with Crippen LogP contribution in [-0.4, -0.2) is 19.1 Å². The first-order valence-electron chi connectivity index (χ1n) is 7.43. The predicted molar refractivity (Wildman–Crippen MR) is 78.8 cm³/mol. The molecule has 1 saturated carbocycles. The van der Waals surface area contributed by atoms with Crippen molar-refractivity contribution in [2.45, 2.75) is 45.1 Å². The molecule has 0 heterocycles. The number of halogens is 1. The van der Waals surface area contributed by atoms with E-state index in [9.17, 15) is 4.39 Å². The van der Waals surface area contributed by atoms with Crippen molar-refractivity contribution in [3.8, 4) is 0 Å². The molecule has 0 bridgehead atoms. The number of rotatable bonds is 5. The van der Waals surface area contributed by atoms with Crippen LogP contribution in [0, 0.1) is 11.7 Å². The molecule has 0 saturated heterocycles. The normalized spacial score (nSPS) is 23.3. The first-order chi connectivity index (χ1) is 9.20. The van der Waals surface area contributed by atoms with Gasteiger partial charge >= 0.3 is 0 Å². The minimum absolute atomic E-state index is 0.154. The fraction of sp³-hybridized carbons (Fsp3) is 0.625. The van der Waals surface area contributed by atoms with Crippen LogP contribution in [0.3, 0.4) is 0 Å². The van der Waals surface area contributed by atoms with Gasteiger partial charge in [-0.25, -0.2) is 4.39 Å². The van der Waals surface area contributed by atoms with Crippen molar-refractivity contribution in [2.24, 2.45) is 11.7 Å². The van der Waals surface area contributed by atoms with Crippen LogP contribution < -0.4 is 10.6 Å². The van der Waals surface area contributed by atoms with Gasteiger partial charge in [-0.1, -0.05) is 25.8 Å². The zero-order valence-corrected chi connectivity index (χ0v) is 11.8. The SMILES string of the molecule is CC1CCCC(N(CCCN)c2cccc(F)c2)C1. The predicted octanol–water partition coefficient (Wildman–Crippen LogP) is 3.56. The average molecular weight is 264 g/mol. The highest BCUT2D eigenvalue weighted by Gasteiger charge is 2.24. The zero-order chi connectivity index (χ0) is 13.7. The first kappa shape index (κ1) is 14.3. The zero-order valence-electron chi connectivity index (χ0n) is 11.8. The number of nitrogens with two attached hydrogens (primary N) is 1. The quantitative estimate of drug-likeness (QED) is 0.881. The number of hydrogen-bond donors (Lipinski definition) is 1. The largest absolute Gasteiger partial charge is 0.368 e. The Morgan fingerprint density at radius 3 is 2.89 bits per heavy atom. The van der Waals surface area contributed by atoms with Gasteiger partial charge in [0, 0.05) is 18.3 Å². The lowest BCUT2D eigenvalue weighted by atomic mass is 9.86. The van der Waals surface area contributed by atoms with Gasteiger partial charge in [-0.05, 0) is 49.9 Å². The molecule has 1 fully saturated rings. The monoisotopic (exact) mass is 264 g/mol. The third-order valence-corrected chi connectivity index (χ3v) is 4.09. The van der Waals surface area contributed by atoms with E-state index in [0.717, 1.165) is 24.6 Å². The van der Waals surface area contributed by atoms with Gasteiger partial charge < -0.3 is 10.6 Å². The molecule has 0 spiro atoms. The Morgan fingerprint density at radius 2 is 2.21 bits per heavy atom. The minimum atomic E-state index is -0.154. The van der Waals surface area contributed by atoms with Crippen LogP contribution in [0.5, 0.6) is 0 Å². The Hall–Kier alpha value is -1.09. The molecule has 1 aliphatic carbocycles. The van der Waals surface area contributed by atoms with E-state index in [1.165, 1.54) is 31.7 Å². The topological polar surface area (TPSA) is 29.3 Å². The van der Waals surface area contributed by atoms with Crippen LogP contribution in [0.1, 0.15) is 39.0 Å². The van der Waals surface area contributed by atoms with E-state index >= 15 is 0 Å². The molecule has 0 aliphatic heterocycles. The highest BCUT2D eigenvalue weighted by Crippen LogP contribution is 2.30. The second kappa shape index (κ2) is 6.90. The second-order valence-corrected chi connectivity index (χ2v) is 5.74. The Bertz CT molecular complexity index is 394. The van der Waals surface area contributed by atoms with Gasteiger partial charge in [-0.15, -0.1) is 0 Å². The van der Waals surface area contributed by atoms with Gasteiger partial charge in [-0.3, -0.25) is 0 Å². The standard InChI is InChI=1S/C16H25FN2/c1-13-5-2-7-15(11-13)19(10-4-9-18)16-8-3-6-14(17)12-16/h3,6,8,12-13,15H,2,4-5,7,9-11,18H2,1H3. The van der Waals surface area contributed by atoms with E-state index in [-0.39, 0.29) is 5.82 Å². The lowest BCUT2D eigenvalue weighted by Gasteiger charge is -2.38. The van der Waals surface area contributed by atoms with Gasteiger partial charge in [-0.2, -0.15) is 0 Å². The van der Waals surface area contributed by atoms with Gasteiger partial charge in [0.1, 0.15) is 5.82 Å². The molecular weight excluding hydrogens is 239 g/mol. The van der Waals surface area contributed by atoms with Gasteiger partial charge in [0.25, 0.3) is 0 Å². The molecule has 2 N–H and O–H groups in total. The summed E-state index contributed by atoms with van der Waals surface area (Å²) >= 11 is 0. The average Bonchev–Trinajstić information content (AvgIpc) is 2.39. The molecule has 106 valence electrons. The third-order valence-electron chi connectivity index (χ3n) is 4.09. The van der Waals surface area contributed by atoms with E-state index in [4.69, 9.17) is 5.73 Å². The summed E-state index contributed by atoms with van der Waals surface area (Å²) in [4.78, 5) is 2.37. The molecule has 0 aromatic heterocycles. The highest BCUT2D eigenvalue weighted by molar-refractivity contribution is 5.47. The van der Waals surface area contributed by atoms with Crippen molar-refractivity contribution >= 4 is 5.69 Å². The van der Waals surface area contributed by atoms with E-state index in [2.05, 4.69) is 11.8 Å². The molecule has 1 aromatic carbocycles. The number of hydrogen-bond acceptors (Lipinski definition) is 2. The summed E-state index contributed by atoms with van der Waals surface area (Å²) in [6.07, 6.45) is 5.98. The minimum Gasteiger partial charge on any atom is -0.368 e. The lowest BCUT2D eigenvalue weighted by molar-refractivity contribution is 0.328. The molecule has 2 nitrogen and oxygen atoms in total. The lowest BCUT2D eigenvalue weighted by Crippen LogP contribution is -2.40. The fourth-order valence-electron chi connectivity index (χ4n) is 3.12. The molecule has 1 aromatic rings. The molecule has 2 unspecified atom stereocenters. The van der Waals surface area contributed by atoms with E-state index in [0.29, 0.717) is 12.6 Å². The summed E-state index contributed by atoms with van der Waals surface area (Å²) in [5.74, 6) is 0.617. The highest BCUT2D eigenvalue weighted by atomic mass is 19.1. The molecule has 2 atom stereocenters. The van der Waals surface area contributed by atoms with Crippen LogP contribution >= 0.6 is 0 Å². The molecule has 3 heteroatoms. The molecule has 0 radical (unpaired) electrons. The summed E-state index contributed by atoms with van der Waals surface area (Å²) in [5, 5.41) is 0. The van der Waals surface area contributed by atoms with Crippen molar-refractivity contribution < 1.29 is 4.39 Å². The molecule has 0 amide bonds. The van der Waals surface area contributed by atoms with Gasteiger partial charge in [0.15, 0.2) is 0 Å².